The first-order valence-corrected chi connectivity index (χ1v) is 7.49. The zero-order valence-electron chi connectivity index (χ0n) is 13.6. The standard InChI is InChI=1S/C16H23FN2O4/c1-16(2,12-5-4-10(17)6-13(12)22-3)19-15(21)14-7-18-11(8-20)9-23-14/h4-6,11,14,18,20H,7-9H2,1-3H3,(H,19,21)/t11-,14+/m1/s1. The number of aliphatic hydroxyl groups is 1. The number of amides is 1. The van der Waals surface area contributed by atoms with Crippen molar-refractivity contribution in [3.63, 3.8) is 0 Å². The summed E-state index contributed by atoms with van der Waals surface area (Å²) >= 11 is 0. The number of halogens is 1. The van der Waals surface area contributed by atoms with Crippen molar-refractivity contribution in [3.05, 3.63) is 29.6 Å². The lowest BCUT2D eigenvalue weighted by Crippen LogP contribution is -2.56. The topological polar surface area (TPSA) is 79.8 Å². The van der Waals surface area contributed by atoms with Gasteiger partial charge in [-0.15, -0.1) is 0 Å². The predicted molar refractivity (Wildman–Crippen MR) is 82.7 cm³/mol. The summed E-state index contributed by atoms with van der Waals surface area (Å²) in [7, 11) is 1.46. The lowest BCUT2D eigenvalue weighted by molar-refractivity contribution is -0.137. The average molecular weight is 326 g/mol. The number of carbonyl (C=O) groups excluding carboxylic acids is 1. The Morgan fingerprint density at radius 1 is 1.57 bits per heavy atom. The van der Waals surface area contributed by atoms with Gasteiger partial charge in [-0.25, -0.2) is 4.39 Å². The van der Waals surface area contributed by atoms with E-state index in [1.807, 2.05) is 13.8 Å². The van der Waals surface area contributed by atoms with Crippen molar-refractivity contribution in [2.45, 2.75) is 31.5 Å². The lowest BCUT2D eigenvalue weighted by Gasteiger charge is -2.33. The molecular weight excluding hydrogens is 303 g/mol. The summed E-state index contributed by atoms with van der Waals surface area (Å²) in [6.45, 7) is 4.19. The first kappa shape index (κ1) is 17.7. The third-order valence-electron chi connectivity index (χ3n) is 3.88. The Morgan fingerprint density at radius 3 is 2.87 bits per heavy atom. The van der Waals surface area contributed by atoms with Crippen LogP contribution >= 0.6 is 0 Å². The van der Waals surface area contributed by atoms with E-state index < -0.39 is 17.5 Å². The highest BCUT2D eigenvalue weighted by Crippen LogP contribution is 2.30. The minimum absolute atomic E-state index is 0.0351. The second-order valence-electron chi connectivity index (χ2n) is 6.07. The molecule has 1 fully saturated rings. The third kappa shape index (κ3) is 4.19. The molecule has 128 valence electrons. The van der Waals surface area contributed by atoms with Crippen LogP contribution in [0, 0.1) is 5.82 Å². The molecule has 0 aromatic heterocycles. The molecule has 3 N–H and O–H groups in total. The Labute approximate surface area is 135 Å². The summed E-state index contributed by atoms with van der Waals surface area (Å²) in [6.07, 6.45) is -0.636. The van der Waals surface area contributed by atoms with E-state index in [4.69, 9.17) is 14.6 Å². The number of hydrogen-bond donors (Lipinski definition) is 3. The highest BCUT2D eigenvalue weighted by atomic mass is 19.1. The molecule has 1 aliphatic rings. The van der Waals surface area contributed by atoms with E-state index in [-0.39, 0.29) is 25.2 Å². The fraction of sp³-hybridized carbons (Fsp3) is 0.562. The van der Waals surface area contributed by atoms with E-state index in [0.29, 0.717) is 17.9 Å². The molecule has 1 aromatic rings. The molecule has 1 aromatic carbocycles. The van der Waals surface area contributed by atoms with Gasteiger partial charge in [0.15, 0.2) is 0 Å². The molecule has 2 atom stereocenters. The number of aliphatic hydroxyl groups excluding tert-OH is 1. The predicted octanol–water partition coefficient (Wildman–Crippen LogP) is 0.535. The monoisotopic (exact) mass is 326 g/mol. The minimum atomic E-state index is -0.757. The zero-order chi connectivity index (χ0) is 17.0. The molecule has 0 radical (unpaired) electrons. The number of rotatable bonds is 5. The molecule has 1 heterocycles. The number of nitrogens with one attached hydrogen (secondary N) is 2. The molecule has 0 saturated carbocycles. The van der Waals surface area contributed by atoms with Crippen molar-refractivity contribution in [3.8, 4) is 5.75 Å². The van der Waals surface area contributed by atoms with Crippen molar-refractivity contribution in [2.24, 2.45) is 0 Å². The highest BCUT2D eigenvalue weighted by Gasteiger charge is 2.32. The summed E-state index contributed by atoms with van der Waals surface area (Å²) in [5.41, 5.74) is -0.0837. The molecule has 6 nitrogen and oxygen atoms in total. The molecule has 2 rings (SSSR count). The second-order valence-corrected chi connectivity index (χ2v) is 6.07. The van der Waals surface area contributed by atoms with E-state index in [9.17, 15) is 9.18 Å². The Balaban J connectivity index is 2.07. The maximum Gasteiger partial charge on any atom is 0.251 e. The van der Waals surface area contributed by atoms with Crippen LogP contribution in [-0.4, -0.2) is 50.0 Å². The van der Waals surface area contributed by atoms with Gasteiger partial charge in [0.2, 0.25) is 0 Å². The number of carbonyl (C=O) groups is 1. The fourth-order valence-corrected chi connectivity index (χ4v) is 2.55. The average Bonchev–Trinajstić information content (AvgIpc) is 2.54. The van der Waals surface area contributed by atoms with Gasteiger partial charge in [0.05, 0.1) is 31.9 Å². The van der Waals surface area contributed by atoms with Gasteiger partial charge in [-0.05, 0) is 19.9 Å². The summed E-state index contributed by atoms with van der Waals surface area (Å²) in [4.78, 5) is 12.4. The van der Waals surface area contributed by atoms with E-state index in [1.54, 1.807) is 6.07 Å². The Hall–Kier alpha value is -1.70. The van der Waals surface area contributed by atoms with Crippen LogP contribution in [0.5, 0.6) is 5.75 Å². The molecule has 7 heteroatoms. The van der Waals surface area contributed by atoms with Crippen molar-refractivity contribution in [2.75, 3.05) is 26.9 Å². The molecule has 1 saturated heterocycles. The quantitative estimate of drug-likeness (QED) is 0.736. The van der Waals surface area contributed by atoms with Crippen LogP contribution in [0.1, 0.15) is 19.4 Å². The third-order valence-corrected chi connectivity index (χ3v) is 3.88. The number of benzene rings is 1. The summed E-state index contributed by atoms with van der Waals surface area (Å²) in [5, 5.41) is 15.0. The van der Waals surface area contributed by atoms with E-state index in [1.165, 1.54) is 19.2 Å². The maximum atomic E-state index is 13.3. The van der Waals surface area contributed by atoms with Crippen molar-refractivity contribution in [1.82, 2.24) is 10.6 Å². The molecule has 1 aliphatic heterocycles. The van der Waals surface area contributed by atoms with Gasteiger partial charge in [0.25, 0.3) is 5.91 Å². The summed E-state index contributed by atoms with van der Waals surface area (Å²) in [5.74, 6) is -0.300. The SMILES string of the molecule is COc1cc(F)ccc1C(C)(C)NC(=O)[C@@H]1CN[C@H](CO)CO1. The maximum absolute atomic E-state index is 13.3. The van der Waals surface area contributed by atoms with Crippen LogP contribution in [0.4, 0.5) is 4.39 Å². The van der Waals surface area contributed by atoms with E-state index in [0.717, 1.165) is 0 Å². The highest BCUT2D eigenvalue weighted by molar-refractivity contribution is 5.82. The molecular formula is C16H23FN2O4. The van der Waals surface area contributed by atoms with Gasteiger partial charge < -0.3 is 25.2 Å². The molecule has 0 bridgehead atoms. The first-order chi connectivity index (χ1) is 10.9. The minimum Gasteiger partial charge on any atom is -0.496 e. The zero-order valence-corrected chi connectivity index (χ0v) is 13.6. The van der Waals surface area contributed by atoms with Crippen molar-refractivity contribution in [1.29, 1.82) is 0 Å². The van der Waals surface area contributed by atoms with Gasteiger partial charge in [-0.3, -0.25) is 4.79 Å². The van der Waals surface area contributed by atoms with Crippen LogP contribution in [0.2, 0.25) is 0 Å². The normalized spacial score (nSPS) is 21.8. The molecule has 0 unspecified atom stereocenters. The van der Waals surface area contributed by atoms with E-state index >= 15 is 0 Å². The van der Waals surface area contributed by atoms with Gasteiger partial charge >= 0.3 is 0 Å². The second kappa shape index (κ2) is 7.25. The fourth-order valence-electron chi connectivity index (χ4n) is 2.55. The van der Waals surface area contributed by atoms with Crippen LogP contribution in [-0.2, 0) is 15.1 Å². The number of methoxy groups -OCH3 is 1. The Kier molecular flexibility index (Phi) is 5.56. The number of ether oxygens (including phenoxy) is 2. The molecule has 1 amide bonds. The van der Waals surface area contributed by atoms with Gasteiger partial charge in [-0.2, -0.15) is 0 Å². The Bertz CT molecular complexity index is 557. The molecule has 23 heavy (non-hydrogen) atoms. The molecule has 0 aliphatic carbocycles. The largest absolute Gasteiger partial charge is 0.496 e. The van der Waals surface area contributed by atoms with Gasteiger partial charge in [0.1, 0.15) is 17.7 Å². The van der Waals surface area contributed by atoms with Crippen LogP contribution < -0.4 is 15.4 Å². The van der Waals surface area contributed by atoms with Crippen LogP contribution in [0.25, 0.3) is 0 Å². The van der Waals surface area contributed by atoms with Crippen molar-refractivity contribution >= 4 is 5.91 Å². The first-order valence-electron chi connectivity index (χ1n) is 7.49. The van der Waals surface area contributed by atoms with Gasteiger partial charge in [0, 0.05) is 18.2 Å². The summed E-state index contributed by atoms with van der Waals surface area (Å²) in [6, 6.07) is 4.06. The van der Waals surface area contributed by atoms with Crippen molar-refractivity contribution < 1.29 is 23.8 Å². The van der Waals surface area contributed by atoms with Crippen LogP contribution in [0.3, 0.4) is 0 Å². The van der Waals surface area contributed by atoms with Crippen LogP contribution in [0.15, 0.2) is 18.2 Å². The molecule has 0 spiro atoms. The Morgan fingerprint density at radius 2 is 2.30 bits per heavy atom. The number of morpholine rings is 1. The summed E-state index contributed by atoms with van der Waals surface area (Å²) < 4.78 is 24.0. The number of hydrogen-bond acceptors (Lipinski definition) is 5. The van der Waals surface area contributed by atoms with E-state index in [2.05, 4.69) is 10.6 Å². The van der Waals surface area contributed by atoms with Gasteiger partial charge in [-0.1, -0.05) is 6.07 Å². The lowest BCUT2D eigenvalue weighted by atomic mass is 9.92. The smallest absolute Gasteiger partial charge is 0.251 e.